The van der Waals surface area contributed by atoms with E-state index in [2.05, 4.69) is 10.3 Å². The molecule has 1 aliphatic rings. The van der Waals surface area contributed by atoms with Crippen molar-refractivity contribution >= 4 is 32.4 Å². The number of carbonyl (C=O) groups is 1. The third-order valence-electron chi connectivity index (χ3n) is 5.37. The molecule has 2 heterocycles. The first kappa shape index (κ1) is 21.6. The van der Waals surface area contributed by atoms with Crippen molar-refractivity contribution in [3.05, 3.63) is 65.3 Å². The predicted octanol–water partition coefficient (Wildman–Crippen LogP) is 4.30. The van der Waals surface area contributed by atoms with E-state index in [9.17, 15) is 17.6 Å². The van der Waals surface area contributed by atoms with Gasteiger partial charge in [-0.2, -0.15) is 4.31 Å². The summed E-state index contributed by atoms with van der Waals surface area (Å²) < 4.78 is 41.0. The minimum atomic E-state index is -3.56. The van der Waals surface area contributed by atoms with Crippen LogP contribution in [-0.2, 0) is 14.8 Å². The number of nitrogens with zero attached hydrogens (tertiary/aromatic N) is 2. The lowest BCUT2D eigenvalue weighted by atomic mass is 9.97. The highest BCUT2D eigenvalue weighted by Crippen LogP contribution is 2.29. The maximum Gasteiger partial charge on any atom is 0.243 e. The van der Waals surface area contributed by atoms with E-state index in [0.717, 1.165) is 5.56 Å². The zero-order chi connectivity index (χ0) is 22.0. The van der Waals surface area contributed by atoms with Gasteiger partial charge in [0, 0.05) is 30.0 Å². The van der Waals surface area contributed by atoms with Crippen molar-refractivity contribution in [2.24, 2.45) is 5.92 Å². The number of rotatable bonds is 5. The zero-order valence-electron chi connectivity index (χ0n) is 16.9. The number of benzene rings is 2. The third kappa shape index (κ3) is 4.68. The average Bonchev–Trinajstić information content (AvgIpc) is 3.22. The van der Waals surface area contributed by atoms with Crippen LogP contribution in [0.25, 0.3) is 11.3 Å². The van der Waals surface area contributed by atoms with E-state index in [0.29, 0.717) is 29.2 Å². The zero-order valence-corrected chi connectivity index (χ0v) is 18.5. The van der Waals surface area contributed by atoms with E-state index < -0.39 is 10.0 Å². The molecule has 1 aliphatic heterocycles. The number of halogens is 1. The molecule has 162 valence electrons. The number of nitrogens with one attached hydrogen (secondary N) is 1. The number of carbonyl (C=O) groups excluding carboxylic acids is 1. The van der Waals surface area contributed by atoms with Crippen molar-refractivity contribution in [1.82, 2.24) is 9.29 Å². The van der Waals surface area contributed by atoms with Gasteiger partial charge in [-0.15, -0.1) is 11.3 Å². The lowest BCUT2D eigenvalue weighted by Gasteiger charge is -2.30. The Bertz CT molecular complexity index is 1180. The van der Waals surface area contributed by atoms with E-state index in [1.807, 2.05) is 6.92 Å². The Morgan fingerprint density at radius 1 is 1.13 bits per heavy atom. The van der Waals surface area contributed by atoms with Gasteiger partial charge >= 0.3 is 0 Å². The van der Waals surface area contributed by atoms with E-state index >= 15 is 0 Å². The summed E-state index contributed by atoms with van der Waals surface area (Å²) in [5.74, 6) is -0.861. The molecular formula is C22H22FN3O3S2. The van der Waals surface area contributed by atoms with Gasteiger partial charge in [0.2, 0.25) is 15.9 Å². The Hall–Kier alpha value is -2.62. The molecule has 3 aromatic rings. The van der Waals surface area contributed by atoms with Crippen LogP contribution in [0.3, 0.4) is 0 Å². The highest BCUT2D eigenvalue weighted by Gasteiger charge is 2.32. The van der Waals surface area contributed by atoms with Crippen LogP contribution in [0.5, 0.6) is 0 Å². The molecule has 0 spiro atoms. The summed E-state index contributed by atoms with van der Waals surface area (Å²) in [5.41, 5.74) is 1.85. The van der Waals surface area contributed by atoms with Crippen LogP contribution >= 0.6 is 11.3 Å². The number of thiazole rings is 1. The van der Waals surface area contributed by atoms with Crippen molar-refractivity contribution in [2.75, 3.05) is 18.4 Å². The van der Waals surface area contributed by atoms with Gasteiger partial charge in [0.25, 0.3) is 0 Å². The standard InChI is InChI=1S/C22H22FN3O3S2/c1-15-6-8-17(9-7-15)31(28,29)26-12-10-16(11-13-26)21(27)25-22-24-20(14-30-22)18-4-2-3-5-19(18)23/h2-9,14,16H,10-13H2,1H3,(H,24,25,27). The highest BCUT2D eigenvalue weighted by molar-refractivity contribution is 7.89. The Kier molecular flexibility index (Phi) is 6.17. The predicted molar refractivity (Wildman–Crippen MR) is 119 cm³/mol. The van der Waals surface area contributed by atoms with E-state index in [4.69, 9.17) is 0 Å². The quantitative estimate of drug-likeness (QED) is 0.617. The van der Waals surface area contributed by atoms with Crippen LogP contribution in [0.2, 0.25) is 0 Å². The first-order valence-electron chi connectivity index (χ1n) is 9.93. The van der Waals surface area contributed by atoms with Crippen molar-refractivity contribution in [3.63, 3.8) is 0 Å². The lowest BCUT2D eigenvalue weighted by Crippen LogP contribution is -2.41. The second kappa shape index (κ2) is 8.86. The number of sulfonamides is 1. The molecule has 0 aliphatic carbocycles. The van der Waals surface area contributed by atoms with Gasteiger partial charge in [0.05, 0.1) is 10.6 Å². The lowest BCUT2D eigenvalue weighted by molar-refractivity contribution is -0.120. The Labute approximate surface area is 184 Å². The molecule has 1 aromatic heterocycles. The van der Waals surface area contributed by atoms with Crippen molar-refractivity contribution < 1.29 is 17.6 Å². The molecule has 0 saturated carbocycles. The summed E-state index contributed by atoms with van der Waals surface area (Å²) in [6.07, 6.45) is 0.866. The van der Waals surface area contributed by atoms with Gasteiger partial charge in [-0.25, -0.2) is 17.8 Å². The molecule has 4 rings (SSSR count). The molecule has 6 nitrogen and oxygen atoms in total. The molecule has 1 fully saturated rings. The molecular weight excluding hydrogens is 437 g/mol. The summed E-state index contributed by atoms with van der Waals surface area (Å²) in [4.78, 5) is 17.2. The number of aromatic nitrogens is 1. The van der Waals surface area contributed by atoms with Crippen LogP contribution in [0.15, 0.2) is 58.8 Å². The molecule has 0 unspecified atom stereocenters. The van der Waals surface area contributed by atoms with Crippen LogP contribution in [0, 0.1) is 18.7 Å². The molecule has 0 atom stereocenters. The Morgan fingerprint density at radius 3 is 2.48 bits per heavy atom. The normalized spacial score (nSPS) is 15.7. The number of amides is 1. The second-order valence-corrected chi connectivity index (χ2v) is 10.3. The molecule has 2 aromatic carbocycles. The van der Waals surface area contributed by atoms with E-state index in [1.54, 1.807) is 47.8 Å². The molecule has 31 heavy (non-hydrogen) atoms. The number of aryl methyl sites for hydroxylation is 1. The fourth-order valence-electron chi connectivity index (χ4n) is 3.55. The fraction of sp³-hybridized carbons (Fsp3) is 0.273. The van der Waals surface area contributed by atoms with Crippen LogP contribution < -0.4 is 5.32 Å². The average molecular weight is 460 g/mol. The third-order valence-corrected chi connectivity index (χ3v) is 8.04. The molecule has 0 bridgehead atoms. The number of anilines is 1. The second-order valence-electron chi connectivity index (χ2n) is 7.50. The largest absolute Gasteiger partial charge is 0.302 e. The number of piperidine rings is 1. The maximum absolute atomic E-state index is 13.9. The van der Waals surface area contributed by atoms with Crippen molar-refractivity contribution in [2.45, 2.75) is 24.7 Å². The van der Waals surface area contributed by atoms with E-state index in [1.165, 1.54) is 21.7 Å². The Morgan fingerprint density at radius 2 is 1.81 bits per heavy atom. The van der Waals surface area contributed by atoms with Gasteiger partial charge in [0.1, 0.15) is 5.82 Å². The van der Waals surface area contributed by atoms with Crippen LogP contribution in [0.4, 0.5) is 9.52 Å². The molecule has 1 saturated heterocycles. The summed E-state index contributed by atoms with van der Waals surface area (Å²) in [5, 5.41) is 4.89. The maximum atomic E-state index is 13.9. The minimum absolute atomic E-state index is 0.193. The Balaban J connectivity index is 1.37. The molecule has 1 N–H and O–H groups in total. The summed E-state index contributed by atoms with van der Waals surface area (Å²) in [7, 11) is -3.56. The van der Waals surface area contributed by atoms with Gasteiger partial charge in [0.15, 0.2) is 5.13 Å². The van der Waals surface area contributed by atoms with E-state index in [-0.39, 0.29) is 35.6 Å². The molecule has 0 radical (unpaired) electrons. The first-order chi connectivity index (χ1) is 14.8. The summed E-state index contributed by atoms with van der Waals surface area (Å²) in [6.45, 7) is 2.47. The summed E-state index contributed by atoms with van der Waals surface area (Å²) in [6, 6.07) is 13.1. The van der Waals surface area contributed by atoms with Gasteiger partial charge < -0.3 is 5.32 Å². The monoisotopic (exact) mass is 459 g/mol. The molecule has 9 heteroatoms. The van der Waals surface area contributed by atoms with Crippen LogP contribution in [-0.4, -0.2) is 36.7 Å². The topological polar surface area (TPSA) is 79.4 Å². The minimum Gasteiger partial charge on any atom is -0.302 e. The summed E-state index contributed by atoms with van der Waals surface area (Å²) >= 11 is 1.23. The number of hydrogen-bond acceptors (Lipinski definition) is 5. The SMILES string of the molecule is Cc1ccc(S(=O)(=O)N2CCC(C(=O)Nc3nc(-c4ccccc4F)cs3)CC2)cc1. The molecule has 1 amide bonds. The smallest absolute Gasteiger partial charge is 0.243 e. The van der Waals surface area contributed by atoms with Crippen molar-refractivity contribution in [1.29, 1.82) is 0 Å². The van der Waals surface area contributed by atoms with Gasteiger partial charge in [-0.05, 0) is 44.0 Å². The first-order valence-corrected chi connectivity index (χ1v) is 12.2. The number of hydrogen-bond donors (Lipinski definition) is 1. The fourth-order valence-corrected chi connectivity index (χ4v) is 5.73. The van der Waals surface area contributed by atoms with Gasteiger partial charge in [-0.1, -0.05) is 29.8 Å². The van der Waals surface area contributed by atoms with Crippen LogP contribution in [0.1, 0.15) is 18.4 Å². The highest BCUT2D eigenvalue weighted by atomic mass is 32.2. The van der Waals surface area contributed by atoms with Crippen molar-refractivity contribution in [3.8, 4) is 11.3 Å². The van der Waals surface area contributed by atoms with Gasteiger partial charge in [-0.3, -0.25) is 4.79 Å².